The lowest BCUT2D eigenvalue weighted by molar-refractivity contribution is -0.249. The summed E-state index contributed by atoms with van der Waals surface area (Å²) in [5, 5.41) is 27.1. The predicted molar refractivity (Wildman–Crippen MR) is 185 cm³/mol. The third-order valence-corrected chi connectivity index (χ3v) is 17.0. The maximum absolute atomic E-state index is 12.6. The van der Waals surface area contributed by atoms with Crippen LogP contribution in [0.15, 0.2) is 0 Å². The van der Waals surface area contributed by atoms with Gasteiger partial charge in [0.05, 0.1) is 36.6 Å². The molecule has 5 aliphatic carbocycles. The van der Waals surface area contributed by atoms with Crippen LogP contribution in [0.4, 0.5) is 0 Å². The van der Waals surface area contributed by atoms with Crippen LogP contribution in [0.1, 0.15) is 107 Å². The van der Waals surface area contributed by atoms with Crippen LogP contribution in [-0.4, -0.2) is 103 Å². The van der Waals surface area contributed by atoms with Gasteiger partial charge in [-0.2, -0.15) is 0 Å². The van der Waals surface area contributed by atoms with Gasteiger partial charge in [-0.05, 0) is 123 Å². The van der Waals surface area contributed by atoms with Crippen molar-refractivity contribution < 1.29 is 29.2 Å². The molecule has 8 aliphatic rings. The Balaban J connectivity index is 1.01. The number of rotatable bonds is 8. The van der Waals surface area contributed by atoms with E-state index in [1.54, 1.807) is 0 Å². The molecule has 274 valence electrons. The number of morpholine rings is 1. The van der Waals surface area contributed by atoms with Crippen LogP contribution in [0.3, 0.4) is 0 Å². The molecule has 3 saturated heterocycles. The first-order valence-electron chi connectivity index (χ1n) is 20.0. The molecular weight excluding hydrogens is 604 g/mol. The quantitative estimate of drug-likeness (QED) is 0.323. The van der Waals surface area contributed by atoms with Gasteiger partial charge in [-0.3, -0.25) is 4.90 Å². The van der Waals surface area contributed by atoms with Crippen molar-refractivity contribution in [2.24, 2.45) is 56.7 Å². The number of aliphatic hydroxyl groups excluding tert-OH is 1. The summed E-state index contributed by atoms with van der Waals surface area (Å²) in [5.41, 5.74) is -0.397. The highest BCUT2D eigenvalue weighted by Crippen LogP contribution is 2.89. The van der Waals surface area contributed by atoms with Crippen LogP contribution in [0.25, 0.3) is 0 Å². The number of hydrogen-bond acceptors (Lipinski definition) is 8. The Hall–Kier alpha value is -0.320. The highest BCUT2D eigenvalue weighted by molar-refractivity contribution is 5.33. The molecule has 0 amide bonds. The van der Waals surface area contributed by atoms with Gasteiger partial charge in [-0.1, -0.05) is 34.6 Å². The molecule has 8 rings (SSSR count). The molecule has 5 saturated carbocycles. The lowest BCUT2D eigenvalue weighted by atomic mass is 9.41. The summed E-state index contributed by atoms with van der Waals surface area (Å²) in [7, 11) is 0. The van der Waals surface area contributed by atoms with Gasteiger partial charge >= 0.3 is 0 Å². The molecule has 8 heteroatoms. The minimum atomic E-state index is -1.01. The largest absolute Gasteiger partial charge is 0.390 e. The van der Waals surface area contributed by atoms with E-state index in [-0.39, 0.29) is 40.8 Å². The number of ether oxygens (including phenoxy) is 4. The number of nitrogens with one attached hydrogen (secondary N) is 1. The molecule has 8 fully saturated rings. The monoisotopic (exact) mass is 673 g/mol. The molecule has 14 atom stereocenters. The predicted octanol–water partition coefficient (Wildman–Crippen LogP) is 5.24. The van der Waals surface area contributed by atoms with E-state index in [4.69, 9.17) is 18.9 Å². The molecule has 3 heterocycles. The minimum absolute atomic E-state index is 0.0272. The average molecular weight is 673 g/mol. The Kier molecular flexibility index (Phi) is 8.39. The van der Waals surface area contributed by atoms with Crippen molar-refractivity contribution in [1.29, 1.82) is 0 Å². The summed E-state index contributed by atoms with van der Waals surface area (Å²) >= 11 is 0. The Morgan fingerprint density at radius 1 is 1.02 bits per heavy atom. The SMILES string of the molecule is CCO[C@@H]([C@H]1C[C@@H](C)C2[C@H](O1)[C@H](O)[C@@]1(C)[C@@H]3CC[C@H]4C(C)(C)[C@@H](O[C@H]5CN(CC6CNC6)CCO5)CC[C@@]45C[C@@]35CC[C@]21C)C(C)(C)O. The maximum Gasteiger partial charge on any atom is 0.170 e. The Morgan fingerprint density at radius 2 is 1.75 bits per heavy atom. The summed E-state index contributed by atoms with van der Waals surface area (Å²) in [5.74, 6) is 2.64. The molecule has 2 spiro atoms. The van der Waals surface area contributed by atoms with E-state index in [1.807, 2.05) is 20.8 Å². The number of fused-ring (bicyclic) bond motifs is 4. The van der Waals surface area contributed by atoms with Crippen molar-refractivity contribution in [3.05, 3.63) is 0 Å². The van der Waals surface area contributed by atoms with Gasteiger partial charge in [0.25, 0.3) is 0 Å². The molecule has 0 radical (unpaired) electrons. The maximum atomic E-state index is 12.6. The molecule has 0 aromatic carbocycles. The zero-order valence-corrected chi connectivity index (χ0v) is 31.4. The lowest BCUT2D eigenvalue weighted by Crippen LogP contribution is -2.60. The summed E-state index contributed by atoms with van der Waals surface area (Å²) in [6.45, 7) is 24.7. The highest BCUT2D eigenvalue weighted by atomic mass is 16.7. The van der Waals surface area contributed by atoms with Crippen LogP contribution in [0.2, 0.25) is 0 Å². The topological polar surface area (TPSA) is 92.7 Å². The Bertz CT molecular complexity index is 1220. The smallest absolute Gasteiger partial charge is 0.170 e. The molecule has 3 aliphatic heterocycles. The number of nitrogens with zero attached hydrogens (tertiary/aromatic N) is 1. The van der Waals surface area contributed by atoms with Gasteiger partial charge in [-0.25, -0.2) is 0 Å². The van der Waals surface area contributed by atoms with E-state index in [2.05, 4.69) is 44.8 Å². The van der Waals surface area contributed by atoms with E-state index in [0.29, 0.717) is 41.1 Å². The molecule has 0 bridgehead atoms. The standard InChI is InChI=1S/C40H68N2O6/c1-9-45-34(36(5,6)44)26-18-24(2)31-32(47-26)33(43)38(8)28-11-10-27-35(3,4)29(12-13-39(27)23-40(28,39)15-14-37(31,38)7)48-30-22-42(16-17-46-30)21-25-19-41-20-25/h24-34,41,43-44H,9-23H2,1-8H3/t24-,26-,27+,28+,29+,30+,31?,32+,33+,34+,37-,38-,39-,40+/m1/s1. The molecule has 1 unspecified atom stereocenters. The Labute approximate surface area is 290 Å². The first-order chi connectivity index (χ1) is 22.6. The zero-order chi connectivity index (χ0) is 34.1. The fourth-order valence-electron chi connectivity index (χ4n) is 14.6. The van der Waals surface area contributed by atoms with Crippen molar-refractivity contribution in [1.82, 2.24) is 10.2 Å². The van der Waals surface area contributed by atoms with Crippen LogP contribution in [0.5, 0.6) is 0 Å². The van der Waals surface area contributed by atoms with Crippen LogP contribution in [0, 0.1) is 56.7 Å². The molecular formula is C40H68N2O6. The summed E-state index contributed by atoms with van der Waals surface area (Å²) < 4.78 is 26.3. The van der Waals surface area contributed by atoms with E-state index in [1.165, 1.54) is 38.5 Å². The molecule has 8 nitrogen and oxygen atoms in total. The fourth-order valence-corrected chi connectivity index (χ4v) is 14.6. The second kappa shape index (κ2) is 11.6. The first-order valence-corrected chi connectivity index (χ1v) is 20.0. The number of hydrogen-bond donors (Lipinski definition) is 3. The molecule has 0 aromatic heterocycles. The Morgan fingerprint density at radius 3 is 2.44 bits per heavy atom. The van der Waals surface area contributed by atoms with Gasteiger partial charge in [0.15, 0.2) is 6.29 Å². The third-order valence-electron chi connectivity index (χ3n) is 17.0. The van der Waals surface area contributed by atoms with Crippen molar-refractivity contribution in [3.8, 4) is 0 Å². The third kappa shape index (κ3) is 4.74. The van der Waals surface area contributed by atoms with Crippen molar-refractivity contribution in [2.45, 2.75) is 149 Å². The van der Waals surface area contributed by atoms with E-state index >= 15 is 0 Å². The van der Waals surface area contributed by atoms with Gasteiger partial charge in [0, 0.05) is 44.7 Å². The van der Waals surface area contributed by atoms with Gasteiger partial charge in [0.1, 0.15) is 6.10 Å². The summed E-state index contributed by atoms with van der Waals surface area (Å²) in [4.78, 5) is 2.57. The second-order valence-corrected chi connectivity index (χ2v) is 19.8. The summed E-state index contributed by atoms with van der Waals surface area (Å²) in [6.07, 6.45) is 8.20. The molecule has 0 aromatic rings. The van der Waals surface area contributed by atoms with Crippen LogP contribution in [-0.2, 0) is 18.9 Å². The van der Waals surface area contributed by atoms with Crippen molar-refractivity contribution in [3.63, 3.8) is 0 Å². The normalized spacial score (nSPS) is 52.2. The second-order valence-electron chi connectivity index (χ2n) is 19.8. The van der Waals surface area contributed by atoms with E-state index in [0.717, 1.165) is 58.1 Å². The molecule has 48 heavy (non-hydrogen) atoms. The highest BCUT2D eigenvalue weighted by Gasteiger charge is 2.84. The van der Waals surface area contributed by atoms with Crippen molar-refractivity contribution >= 4 is 0 Å². The fraction of sp³-hybridized carbons (Fsp3) is 1.00. The van der Waals surface area contributed by atoms with Gasteiger partial charge in [0.2, 0.25) is 0 Å². The van der Waals surface area contributed by atoms with E-state index in [9.17, 15) is 10.2 Å². The van der Waals surface area contributed by atoms with Crippen LogP contribution >= 0.6 is 0 Å². The van der Waals surface area contributed by atoms with Gasteiger partial charge < -0.3 is 34.5 Å². The lowest BCUT2D eigenvalue weighted by Gasteiger charge is -2.64. The number of aliphatic hydroxyl groups is 2. The zero-order valence-electron chi connectivity index (χ0n) is 31.4. The first kappa shape index (κ1) is 34.7. The molecule has 3 N–H and O–H groups in total. The van der Waals surface area contributed by atoms with E-state index < -0.39 is 17.8 Å². The minimum Gasteiger partial charge on any atom is -0.390 e. The summed E-state index contributed by atoms with van der Waals surface area (Å²) in [6, 6.07) is 0. The average Bonchev–Trinajstić information content (AvgIpc) is 3.63. The van der Waals surface area contributed by atoms with Crippen LogP contribution < -0.4 is 5.32 Å². The van der Waals surface area contributed by atoms with Gasteiger partial charge in [-0.15, -0.1) is 0 Å². The van der Waals surface area contributed by atoms with Crippen molar-refractivity contribution in [2.75, 3.05) is 45.9 Å².